The van der Waals surface area contributed by atoms with Gasteiger partial charge in [-0.2, -0.15) is 4.80 Å². The van der Waals surface area contributed by atoms with Crippen LogP contribution in [0.3, 0.4) is 0 Å². The molecule has 1 unspecified atom stereocenters. The molecule has 150 valence electrons. The van der Waals surface area contributed by atoms with Gasteiger partial charge in [-0.15, -0.1) is 10.2 Å². The molecule has 1 aliphatic carbocycles. The minimum atomic E-state index is -0.251. The largest absolute Gasteiger partial charge is 0.508 e. The molecule has 3 aromatic rings. The predicted octanol–water partition coefficient (Wildman–Crippen LogP) is 3.45. The number of phenolic OH excluding ortho intramolecular Hbond substituents is 1. The molecule has 7 nitrogen and oxygen atoms in total. The maximum absolute atomic E-state index is 12.6. The fourth-order valence-electron chi connectivity index (χ4n) is 3.77. The number of aromatic nitrogens is 4. The first kappa shape index (κ1) is 19.1. The monoisotopic (exact) mass is 391 g/mol. The lowest BCUT2D eigenvalue weighted by molar-refractivity contribution is -0.123. The molecule has 0 bridgehead atoms. The molecule has 29 heavy (non-hydrogen) atoms. The standard InChI is InChI=1S/C22H25N5O2/c1-15(16-7-13-20(28)14-8-16)22(29)23-18-9-11-19(12-10-18)27-25-21(24-26-27)17-5-3-2-4-6-17/h2-8,13-15,18-19,28H,9-12H2,1H3,(H,23,29). The van der Waals surface area contributed by atoms with Gasteiger partial charge in [0.15, 0.2) is 0 Å². The maximum Gasteiger partial charge on any atom is 0.227 e. The van der Waals surface area contributed by atoms with Gasteiger partial charge in [0.1, 0.15) is 5.75 Å². The second kappa shape index (κ2) is 8.43. The molecule has 0 spiro atoms. The van der Waals surface area contributed by atoms with Gasteiger partial charge in [0, 0.05) is 11.6 Å². The van der Waals surface area contributed by atoms with Crippen molar-refractivity contribution in [2.24, 2.45) is 0 Å². The Bertz CT molecular complexity index is 947. The van der Waals surface area contributed by atoms with Crippen molar-refractivity contribution in [3.05, 3.63) is 60.2 Å². The van der Waals surface area contributed by atoms with Gasteiger partial charge in [0.25, 0.3) is 0 Å². The van der Waals surface area contributed by atoms with E-state index in [1.165, 1.54) is 0 Å². The van der Waals surface area contributed by atoms with Gasteiger partial charge in [0.05, 0.1) is 12.0 Å². The van der Waals surface area contributed by atoms with Crippen molar-refractivity contribution in [1.82, 2.24) is 25.5 Å². The van der Waals surface area contributed by atoms with E-state index in [2.05, 4.69) is 20.7 Å². The van der Waals surface area contributed by atoms with E-state index in [1.807, 2.05) is 37.3 Å². The molecule has 2 aromatic carbocycles. The summed E-state index contributed by atoms with van der Waals surface area (Å²) in [4.78, 5) is 14.3. The van der Waals surface area contributed by atoms with E-state index in [0.29, 0.717) is 5.82 Å². The number of nitrogens with one attached hydrogen (secondary N) is 1. The van der Waals surface area contributed by atoms with Crippen LogP contribution in [0.15, 0.2) is 54.6 Å². The average Bonchev–Trinajstić information content (AvgIpc) is 3.25. The first-order valence-corrected chi connectivity index (χ1v) is 10.0. The van der Waals surface area contributed by atoms with Gasteiger partial charge in [-0.3, -0.25) is 4.79 Å². The van der Waals surface area contributed by atoms with Crippen molar-refractivity contribution in [1.29, 1.82) is 0 Å². The lowest BCUT2D eigenvalue weighted by atomic mass is 9.90. The van der Waals surface area contributed by atoms with Crippen LogP contribution in [0.2, 0.25) is 0 Å². The van der Waals surface area contributed by atoms with Crippen LogP contribution < -0.4 is 5.32 Å². The minimum Gasteiger partial charge on any atom is -0.508 e. The van der Waals surface area contributed by atoms with Crippen LogP contribution in [0.5, 0.6) is 5.75 Å². The van der Waals surface area contributed by atoms with Gasteiger partial charge in [-0.05, 0) is 55.5 Å². The van der Waals surface area contributed by atoms with Crippen LogP contribution in [0, 0.1) is 0 Å². The summed E-state index contributed by atoms with van der Waals surface area (Å²) in [5, 5.41) is 25.6. The summed E-state index contributed by atoms with van der Waals surface area (Å²) in [7, 11) is 0. The number of carbonyl (C=O) groups is 1. The van der Waals surface area contributed by atoms with Crippen LogP contribution in [0.4, 0.5) is 0 Å². The van der Waals surface area contributed by atoms with E-state index in [1.54, 1.807) is 29.1 Å². The van der Waals surface area contributed by atoms with Crippen LogP contribution in [-0.2, 0) is 4.79 Å². The van der Waals surface area contributed by atoms with Crippen molar-refractivity contribution in [3.8, 4) is 17.1 Å². The molecule has 0 aliphatic heterocycles. The summed E-state index contributed by atoms with van der Waals surface area (Å²) in [6.07, 6.45) is 3.59. The lowest BCUT2D eigenvalue weighted by Gasteiger charge is -2.29. The van der Waals surface area contributed by atoms with E-state index in [0.717, 1.165) is 36.8 Å². The summed E-state index contributed by atoms with van der Waals surface area (Å²) >= 11 is 0. The summed E-state index contributed by atoms with van der Waals surface area (Å²) in [6, 6.07) is 17.0. The molecule has 1 aromatic heterocycles. The Balaban J connectivity index is 1.31. The third-order valence-electron chi connectivity index (χ3n) is 5.62. The summed E-state index contributed by atoms with van der Waals surface area (Å²) in [5.41, 5.74) is 1.86. The molecular formula is C22H25N5O2. The first-order chi connectivity index (χ1) is 14.1. The second-order valence-corrected chi connectivity index (χ2v) is 7.63. The fourth-order valence-corrected chi connectivity index (χ4v) is 3.77. The number of carbonyl (C=O) groups excluding carboxylic acids is 1. The zero-order valence-corrected chi connectivity index (χ0v) is 16.4. The molecule has 1 saturated carbocycles. The third kappa shape index (κ3) is 4.45. The number of tetrazole rings is 1. The highest BCUT2D eigenvalue weighted by atomic mass is 16.3. The molecule has 1 fully saturated rings. The van der Waals surface area contributed by atoms with Crippen LogP contribution >= 0.6 is 0 Å². The van der Waals surface area contributed by atoms with Crippen molar-refractivity contribution in [3.63, 3.8) is 0 Å². The fraction of sp³-hybridized carbons (Fsp3) is 0.364. The van der Waals surface area contributed by atoms with Gasteiger partial charge >= 0.3 is 0 Å². The number of hydrogen-bond acceptors (Lipinski definition) is 5. The SMILES string of the molecule is CC(C(=O)NC1CCC(n2nnc(-c3ccccc3)n2)CC1)c1ccc(O)cc1. The quantitative estimate of drug-likeness (QED) is 0.695. The molecule has 1 aliphatic rings. The topological polar surface area (TPSA) is 92.9 Å². The van der Waals surface area contributed by atoms with Crippen LogP contribution in [0.1, 0.15) is 50.1 Å². The number of nitrogens with zero attached hydrogens (tertiary/aromatic N) is 4. The van der Waals surface area contributed by atoms with Crippen LogP contribution in [0.25, 0.3) is 11.4 Å². The minimum absolute atomic E-state index is 0.0179. The molecule has 1 amide bonds. The first-order valence-electron chi connectivity index (χ1n) is 10.0. The van der Waals surface area contributed by atoms with E-state index in [-0.39, 0.29) is 29.7 Å². The Morgan fingerprint density at radius 3 is 2.45 bits per heavy atom. The maximum atomic E-state index is 12.6. The molecule has 2 N–H and O–H groups in total. The van der Waals surface area contributed by atoms with Crippen LogP contribution in [-0.4, -0.2) is 37.3 Å². The number of amides is 1. The molecular weight excluding hydrogens is 366 g/mol. The molecule has 0 radical (unpaired) electrons. The molecule has 1 atom stereocenters. The number of benzene rings is 2. The van der Waals surface area contributed by atoms with Crippen molar-refractivity contribution in [2.45, 2.75) is 50.6 Å². The van der Waals surface area contributed by atoms with E-state index in [9.17, 15) is 9.90 Å². The van der Waals surface area contributed by atoms with Gasteiger partial charge < -0.3 is 10.4 Å². The molecule has 7 heteroatoms. The summed E-state index contributed by atoms with van der Waals surface area (Å²) < 4.78 is 0. The zero-order valence-electron chi connectivity index (χ0n) is 16.4. The highest BCUT2D eigenvalue weighted by Gasteiger charge is 2.27. The van der Waals surface area contributed by atoms with Crippen molar-refractivity contribution in [2.75, 3.05) is 0 Å². The highest BCUT2D eigenvalue weighted by molar-refractivity contribution is 5.83. The number of phenols is 1. The number of rotatable bonds is 5. The van der Waals surface area contributed by atoms with Crippen molar-refractivity contribution >= 4 is 5.91 Å². The Morgan fingerprint density at radius 2 is 1.76 bits per heavy atom. The molecule has 4 rings (SSSR count). The summed E-state index contributed by atoms with van der Waals surface area (Å²) in [6.45, 7) is 1.89. The Kier molecular flexibility index (Phi) is 5.55. The lowest BCUT2D eigenvalue weighted by Crippen LogP contribution is -2.40. The smallest absolute Gasteiger partial charge is 0.227 e. The van der Waals surface area contributed by atoms with E-state index in [4.69, 9.17) is 0 Å². The normalized spacial score (nSPS) is 20.2. The predicted molar refractivity (Wildman–Crippen MR) is 109 cm³/mol. The second-order valence-electron chi connectivity index (χ2n) is 7.63. The van der Waals surface area contributed by atoms with Crippen molar-refractivity contribution < 1.29 is 9.90 Å². The third-order valence-corrected chi connectivity index (χ3v) is 5.62. The highest BCUT2D eigenvalue weighted by Crippen LogP contribution is 2.28. The van der Waals surface area contributed by atoms with Gasteiger partial charge in [0.2, 0.25) is 11.7 Å². The van der Waals surface area contributed by atoms with E-state index < -0.39 is 0 Å². The summed E-state index contributed by atoms with van der Waals surface area (Å²) in [5.74, 6) is 0.615. The number of hydrogen-bond donors (Lipinski definition) is 2. The van der Waals surface area contributed by atoms with Gasteiger partial charge in [-0.25, -0.2) is 0 Å². The Labute approximate surface area is 169 Å². The zero-order chi connectivity index (χ0) is 20.2. The average molecular weight is 391 g/mol. The Morgan fingerprint density at radius 1 is 1.07 bits per heavy atom. The molecule has 0 saturated heterocycles. The molecule has 1 heterocycles. The van der Waals surface area contributed by atoms with E-state index >= 15 is 0 Å². The Hall–Kier alpha value is -3.22. The van der Waals surface area contributed by atoms with Gasteiger partial charge in [-0.1, -0.05) is 42.5 Å². The number of aromatic hydroxyl groups is 1.